The number of aliphatic hydroxyl groups excluding tert-OH is 1. The lowest BCUT2D eigenvalue weighted by Gasteiger charge is -2.35. The number of hydrogen-bond donors (Lipinski definition) is 6. The van der Waals surface area contributed by atoms with Gasteiger partial charge in [-0.25, -0.2) is 4.98 Å². The standard InChI is InChI=1S/C54H68N8O8S.ClH/c1-32-47(71-31-57-32)35-16-19-37(20-17-35)54(24-25-54)60-50(67)42-28-39(63)29-61(42)52(69)48(53(2,3)4)59-45(65)15-7-5-6-10-33-11-8-14-40(26-33)70-30-38(21-23-44(56)64)58-49(66)43-27-36-13-9-12-34-18-22-41(55)51(68)62(43)46(34)36;/h8-9,11-14,16-17,19-20,26,31,38-39,41-43,48,63H,5-7,10,15,18,21-25,27-30,55H2,1-4H3,(H2,56,64)(H,58,66)(H,59,65)(H,60,67);1H/t38-,39+,41-,42-,43-,48+;/m0./s1. The molecule has 2 fully saturated rings. The second-order valence-corrected chi connectivity index (χ2v) is 21.8. The average molecular weight is 1030 g/mol. The molecule has 0 spiro atoms. The average Bonchev–Trinajstić information content (AvgIpc) is 3.61. The summed E-state index contributed by atoms with van der Waals surface area (Å²) in [7, 11) is 0. The maximum absolute atomic E-state index is 14.3. The SMILES string of the molecule is Cc1ncsc1-c1ccc(C2(NC(=O)[C@@H]3C[C@@H](O)CN3C(=O)[C@@H](NC(=O)CCCCCc3cccc(OC[C@H](CCC(N)=O)NC(=O)[C@@H]4Cc5cccc6c5N4C(=O)[C@@H](N)CC6)c3)C(C)(C)C)CC2)cc1.Cl. The molecule has 4 aliphatic rings. The number of aryl methyl sites for hydroxylation is 3. The Morgan fingerprint density at radius 1 is 0.944 bits per heavy atom. The van der Waals surface area contributed by atoms with Crippen LogP contribution in [0.2, 0.25) is 0 Å². The first-order valence-electron chi connectivity index (χ1n) is 25.0. The van der Waals surface area contributed by atoms with Crippen molar-refractivity contribution in [3.05, 3.63) is 100 Å². The Kier molecular flexibility index (Phi) is 17.1. The van der Waals surface area contributed by atoms with E-state index in [0.717, 1.165) is 76.2 Å². The van der Waals surface area contributed by atoms with Gasteiger partial charge in [0.15, 0.2) is 0 Å². The van der Waals surface area contributed by atoms with Gasteiger partial charge in [-0.1, -0.05) is 81.8 Å². The van der Waals surface area contributed by atoms with E-state index in [2.05, 4.69) is 20.9 Å². The van der Waals surface area contributed by atoms with Crippen LogP contribution in [-0.2, 0) is 53.6 Å². The minimum absolute atomic E-state index is 0. The molecule has 6 atom stereocenters. The highest BCUT2D eigenvalue weighted by molar-refractivity contribution is 7.13. The number of nitrogens with zero attached hydrogens (tertiary/aromatic N) is 3. The molecule has 0 radical (unpaired) electrons. The summed E-state index contributed by atoms with van der Waals surface area (Å²) in [5.74, 6) is -1.50. The molecule has 1 saturated heterocycles. The van der Waals surface area contributed by atoms with Gasteiger partial charge in [0, 0.05) is 32.2 Å². The molecular formula is C54H69ClN8O8S. The Labute approximate surface area is 431 Å². The van der Waals surface area contributed by atoms with Crippen LogP contribution in [0.5, 0.6) is 5.75 Å². The van der Waals surface area contributed by atoms with E-state index in [-0.39, 0.29) is 74.9 Å². The predicted octanol–water partition coefficient (Wildman–Crippen LogP) is 5.30. The molecule has 1 aliphatic carbocycles. The number of unbranched alkanes of at least 4 members (excludes halogenated alkanes) is 2. The van der Waals surface area contributed by atoms with Crippen LogP contribution in [0.3, 0.4) is 0 Å². The number of nitrogens with two attached hydrogens (primary N) is 2. The van der Waals surface area contributed by atoms with Gasteiger partial charge >= 0.3 is 0 Å². The predicted molar refractivity (Wildman–Crippen MR) is 278 cm³/mol. The summed E-state index contributed by atoms with van der Waals surface area (Å²) < 4.78 is 6.18. The minimum Gasteiger partial charge on any atom is -0.491 e. The molecule has 0 unspecified atom stereocenters. The highest BCUT2D eigenvalue weighted by Gasteiger charge is 2.50. The van der Waals surface area contributed by atoms with Crippen LogP contribution in [0, 0.1) is 12.3 Å². The van der Waals surface area contributed by atoms with Gasteiger partial charge in [0.2, 0.25) is 35.4 Å². The second kappa shape index (κ2) is 22.9. The maximum atomic E-state index is 14.3. The molecule has 386 valence electrons. The van der Waals surface area contributed by atoms with Crippen molar-refractivity contribution >= 4 is 64.9 Å². The molecule has 4 heterocycles. The topological polar surface area (TPSA) is 239 Å². The number of primary amides is 1. The number of thiazole rings is 1. The van der Waals surface area contributed by atoms with Gasteiger partial charge in [-0.2, -0.15) is 0 Å². The van der Waals surface area contributed by atoms with Gasteiger partial charge in [0.1, 0.15) is 30.5 Å². The number of aromatic nitrogens is 1. The smallest absolute Gasteiger partial charge is 0.246 e. The number of hydrogen-bond acceptors (Lipinski definition) is 11. The number of benzene rings is 3. The minimum atomic E-state index is -0.912. The van der Waals surface area contributed by atoms with E-state index in [1.165, 1.54) is 4.90 Å². The number of nitrogens with one attached hydrogen (secondary N) is 3. The van der Waals surface area contributed by atoms with Gasteiger partial charge in [-0.15, -0.1) is 23.7 Å². The molecule has 1 aromatic heterocycles. The lowest BCUT2D eigenvalue weighted by Crippen LogP contribution is -2.58. The van der Waals surface area contributed by atoms with Crippen molar-refractivity contribution in [3.8, 4) is 16.2 Å². The number of halogens is 1. The monoisotopic (exact) mass is 1020 g/mol. The number of amides is 6. The van der Waals surface area contributed by atoms with Crippen LogP contribution < -0.4 is 37.1 Å². The highest BCUT2D eigenvalue weighted by Crippen LogP contribution is 2.46. The van der Waals surface area contributed by atoms with Crippen LogP contribution in [0.4, 0.5) is 5.69 Å². The zero-order valence-electron chi connectivity index (χ0n) is 41.6. The number of β-amino-alcohol motifs (C(OH)–C–C–N with tert-alkyl or cyclic N) is 1. The van der Waals surface area contributed by atoms with E-state index >= 15 is 0 Å². The zero-order valence-corrected chi connectivity index (χ0v) is 43.2. The number of rotatable bonds is 20. The molecule has 18 heteroatoms. The van der Waals surface area contributed by atoms with Crippen molar-refractivity contribution in [2.75, 3.05) is 18.1 Å². The summed E-state index contributed by atoms with van der Waals surface area (Å²) in [6, 6.07) is 17.8. The first-order valence-corrected chi connectivity index (χ1v) is 25.9. The normalized spacial score (nSPS) is 20.6. The number of likely N-dealkylation sites (tertiary alicyclic amines) is 1. The Morgan fingerprint density at radius 2 is 1.68 bits per heavy atom. The van der Waals surface area contributed by atoms with Crippen molar-refractivity contribution in [1.82, 2.24) is 25.8 Å². The molecule has 8 rings (SSSR count). The number of ether oxygens (including phenoxy) is 1. The Morgan fingerprint density at radius 3 is 2.38 bits per heavy atom. The molecule has 16 nitrogen and oxygen atoms in total. The van der Waals surface area contributed by atoms with Crippen LogP contribution in [-0.4, -0.2) is 99.9 Å². The van der Waals surface area contributed by atoms with Gasteiger partial charge < -0.3 is 42.2 Å². The highest BCUT2D eigenvalue weighted by atomic mass is 35.5. The quantitative estimate of drug-likeness (QED) is 0.0625. The van der Waals surface area contributed by atoms with Gasteiger partial charge in [0.05, 0.1) is 45.5 Å². The number of carbonyl (C=O) groups is 6. The fraction of sp³-hybridized carbons (Fsp3) is 0.500. The molecule has 6 amide bonds. The maximum Gasteiger partial charge on any atom is 0.246 e. The first-order chi connectivity index (χ1) is 33.9. The summed E-state index contributed by atoms with van der Waals surface area (Å²) in [6.45, 7) is 7.69. The molecule has 4 aromatic rings. The van der Waals surface area contributed by atoms with Crippen molar-refractivity contribution in [2.45, 2.75) is 153 Å². The largest absolute Gasteiger partial charge is 0.491 e. The van der Waals surface area contributed by atoms with Crippen LogP contribution in [0.15, 0.2) is 72.2 Å². The summed E-state index contributed by atoms with van der Waals surface area (Å²) in [5, 5.41) is 20.0. The van der Waals surface area contributed by atoms with E-state index < -0.39 is 59.1 Å². The van der Waals surface area contributed by atoms with Gasteiger partial charge in [0.25, 0.3) is 0 Å². The second-order valence-electron chi connectivity index (χ2n) is 20.9. The van der Waals surface area contributed by atoms with E-state index in [9.17, 15) is 33.9 Å². The summed E-state index contributed by atoms with van der Waals surface area (Å²) in [5.41, 5.74) is 19.1. The van der Waals surface area contributed by atoms with Crippen molar-refractivity contribution < 1.29 is 38.6 Å². The lowest BCUT2D eigenvalue weighted by atomic mass is 9.85. The molecule has 72 heavy (non-hydrogen) atoms. The Bertz CT molecular complexity index is 2630. The fourth-order valence-electron chi connectivity index (χ4n) is 10.3. The van der Waals surface area contributed by atoms with E-state index in [4.69, 9.17) is 16.2 Å². The van der Waals surface area contributed by atoms with E-state index in [1.54, 1.807) is 16.2 Å². The van der Waals surface area contributed by atoms with Crippen molar-refractivity contribution in [3.63, 3.8) is 0 Å². The zero-order chi connectivity index (χ0) is 50.6. The molecule has 1 saturated carbocycles. The Balaban J connectivity index is 0.00000760. The summed E-state index contributed by atoms with van der Waals surface area (Å²) in [4.78, 5) is 89.2. The van der Waals surface area contributed by atoms with Gasteiger partial charge in [-0.05, 0) is 104 Å². The molecule has 3 aromatic carbocycles. The lowest BCUT2D eigenvalue weighted by molar-refractivity contribution is -0.144. The number of aliphatic hydroxyl groups is 1. The summed E-state index contributed by atoms with van der Waals surface area (Å²) >= 11 is 1.59. The first kappa shape index (κ1) is 53.9. The van der Waals surface area contributed by atoms with E-state index in [0.29, 0.717) is 31.4 Å². The van der Waals surface area contributed by atoms with E-state index in [1.807, 2.05) is 99.9 Å². The number of para-hydroxylation sites is 1. The van der Waals surface area contributed by atoms with Crippen molar-refractivity contribution in [2.24, 2.45) is 16.9 Å². The van der Waals surface area contributed by atoms with Crippen LogP contribution in [0.1, 0.15) is 113 Å². The number of anilines is 1. The Hall–Kier alpha value is -5.88. The molecular weight excluding hydrogens is 956 g/mol. The number of carbonyl (C=O) groups excluding carboxylic acids is 6. The molecule has 0 bridgehead atoms. The van der Waals surface area contributed by atoms with Crippen LogP contribution >= 0.6 is 23.7 Å². The third kappa shape index (κ3) is 12.5. The fourth-order valence-corrected chi connectivity index (χ4v) is 11.1. The van der Waals surface area contributed by atoms with Crippen LogP contribution in [0.25, 0.3) is 10.4 Å². The molecule has 3 aliphatic heterocycles. The molecule has 8 N–H and O–H groups in total. The third-order valence-corrected chi connectivity index (χ3v) is 15.4. The van der Waals surface area contributed by atoms with Crippen molar-refractivity contribution in [1.29, 1.82) is 0 Å². The third-order valence-electron chi connectivity index (χ3n) is 14.4. The summed E-state index contributed by atoms with van der Waals surface area (Å²) in [6.07, 6.45) is 5.66. The van der Waals surface area contributed by atoms with Gasteiger partial charge in [-0.3, -0.25) is 33.7 Å².